The Bertz CT molecular complexity index is 204. The van der Waals surface area contributed by atoms with Crippen LogP contribution in [-0.4, -0.2) is 30.1 Å². The minimum atomic E-state index is -3.70. The van der Waals surface area contributed by atoms with Crippen LogP contribution in [0.15, 0.2) is 12.2 Å². The number of hydrogen-bond acceptors (Lipinski definition) is 2. The molecule has 76 valence electrons. The Hall–Kier alpha value is -0.970. The molecule has 0 unspecified atom stereocenters. The minimum Gasteiger partial charge on any atom is -0.477 e. The van der Waals surface area contributed by atoms with E-state index in [2.05, 4.69) is 11.9 Å². The van der Waals surface area contributed by atoms with Crippen molar-refractivity contribution in [2.75, 3.05) is 13.1 Å². The molecule has 2 N–H and O–H groups in total. The monoisotopic (exact) mass is 193 g/mol. The van der Waals surface area contributed by atoms with Gasteiger partial charge in [-0.1, -0.05) is 19.1 Å². The Morgan fingerprint density at radius 1 is 1.62 bits per heavy atom. The predicted octanol–water partition coefficient (Wildman–Crippen LogP) is 1.26. The molecule has 3 nitrogen and oxygen atoms in total. The largest absolute Gasteiger partial charge is 0.477 e. The zero-order valence-electron chi connectivity index (χ0n) is 7.44. The number of aliphatic carboxylic acids is 1. The summed E-state index contributed by atoms with van der Waals surface area (Å²) in [6.07, 6.45) is 0.686. The lowest BCUT2D eigenvalue weighted by Crippen LogP contribution is -2.40. The lowest BCUT2D eigenvalue weighted by atomic mass is 10.2. The molecule has 0 bridgehead atoms. The highest BCUT2D eigenvalue weighted by Crippen LogP contribution is 2.11. The molecule has 0 aliphatic rings. The average Bonchev–Trinajstić information content (AvgIpc) is 2.03. The van der Waals surface area contributed by atoms with Crippen LogP contribution in [-0.2, 0) is 4.79 Å². The van der Waals surface area contributed by atoms with Crippen molar-refractivity contribution in [2.45, 2.75) is 19.3 Å². The zero-order valence-corrected chi connectivity index (χ0v) is 7.44. The number of rotatable bonds is 6. The molecule has 0 aliphatic heterocycles. The maximum atomic E-state index is 12.4. The van der Waals surface area contributed by atoms with E-state index < -0.39 is 18.4 Å². The zero-order chi connectivity index (χ0) is 10.5. The summed E-state index contributed by atoms with van der Waals surface area (Å²) in [6, 6.07) is 0. The molecule has 0 amide bonds. The Balaban J connectivity index is 3.76. The summed E-state index contributed by atoms with van der Waals surface area (Å²) in [5.41, 5.74) is 0.765. The number of carboxylic acids is 1. The number of carboxylic acid groups (broad SMARTS) is 1. The first-order chi connectivity index (χ1) is 5.90. The third kappa shape index (κ3) is 4.57. The Morgan fingerprint density at radius 3 is 2.54 bits per heavy atom. The van der Waals surface area contributed by atoms with Crippen LogP contribution in [0.1, 0.15) is 13.3 Å². The highest BCUT2D eigenvalue weighted by molar-refractivity contribution is 5.75. The van der Waals surface area contributed by atoms with Crippen LogP contribution in [0.5, 0.6) is 0 Å². The molecule has 0 aromatic heterocycles. The molecule has 0 atom stereocenters. The molecule has 0 aliphatic carbocycles. The van der Waals surface area contributed by atoms with Gasteiger partial charge in [-0.05, 0) is 6.42 Å². The van der Waals surface area contributed by atoms with Crippen molar-refractivity contribution >= 4 is 5.97 Å². The fourth-order valence-corrected chi connectivity index (χ4v) is 0.597. The maximum Gasteiger partial charge on any atom is 0.375 e. The van der Waals surface area contributed by atoms with E-state index in [1.165, 1.54) is 0 Å². The quantitative estimate of drug-likeness (QED) is 0.624. The summed E-state index contributed by atoms with van der Waals surface area (Å²) in [5, 5.41) is 10.4. The first-order valence-corrected chi connectivity index (χ1v) is 3.88. The van der Waals surface area contributed by atoms with E-state index in [0.29, 0.717) is 6.42 Å². The fraction of sp³-hybridized carbons (Fsp3) is 0.625. The van der Waals surface area contributed by atoms with Gasteiger partial charge in [-0.25, -0.2) is 4.79 Å². The van der Waals surface area contributed by atoms with Crippen molar-refractivity contribution < 1.29 is 18.7 Å². The highest BCUT2D eigenvalue weighted by Gasteiger charge is 2.37. The predicted molar refractivity (Wildman–Crippen MR) is 44.9 cm³/mol. The molecule has 0 aromatic carbocycles. The second-order valence-corrected chi connectivity index (χ2v) is 2.72. The molecule has 0 fully saturated rings. The number of carbonyl (C=O) groups is 1. The van der Waals surface area contributed by atoms with Crippen LogP contribution in [0.3, 0.4) is 0 Å². The molecule has 0 heterocycles. The van der Waals surface area contributed by atoms with Gasteiger partial charge in [0.2, 0.25) is 0 Å². The van der Waals surface area contributed by atoms with Gasteiger partial charge >= 0.3 is 11.9 Å². The molecule has 13 heavy (non-hydrogen) atoms. The van der Waals surface area contributed by atoms with E-state index in [1.807, 2.05) is 6.92 Å². The minimum absolute atomic E-state index is 0.222. The third-order valence-corrected chi connectivity index (χ3v) is 1.53. The van der Waals surface area contributed by atoms with Crippen molar-refractivity contribution in [2.24, 2.45) is 0 Å². The molecule has 0 saturated heterocycles. The van der Waals surface area contributed by atoms with Crippen LogP contribution in [0.4, 0.5) is 8.78 Å². The number of alkyl halides is 2. The maximum absolute atomic E-state index is 12.4. The Kier molecular flexibility index (Phi) is 4.55. The average molecular weight is 193 g/mol. The summed E-state index contributed by atoms with van der Waals surface area (Å²) in [5.74, 6) is -5.81. The number of hydrogen-bond donors (Lipinski definition) is 2. The first-order valence-electron chi connectivity index (χ1n) is 3.88. The van der Waals surface area contributed by atoms with Gasteiger partial charge in [0, 0.05) is 6.54 Å². The topological polar surface area (TPSA) is 49.3 Å². The van der Waals surface area contributed by atoms with E-state index in [-0.39, 0.29) is 6.54 Å². The van der Waals surface area contributed by atoms with Crippen LogP contribution in [0, 0.1) is 0 Å². The van der Waals surface area contributed by atoms with Crippen LogP contribution >= 0.6 is 0 Å². The van der Waals surface area contributed by atoms with E-state index >= 15 is 0 Å². The SMILES string of the molecule is C=C(CC)CNCC(F)(F)C(=O)O. The smallest absolute Gasteiger partial charge is 0.375 e. The summed E-state index contributed by atoms with van der Waals surface area (Å²) in [7, 11) is 0. The Labute approximate surface area is 75.4 Å². The van der Waals surface area contributed by atoms with Crippen molar-refractivity contribution in [3.8, 4) is 0 Å². The molecule has 0 spiro atoms. The summed E-state index contributed by atoms with van der Waals surface area (Å²) < 4.78 is 24.8. The number of halogens is 2. The van der Waals surface area contributed by atoms with Gasteiger partial charge < -0.3 is 10.4 Å². The summed E-state index contributed by atoms with van der Waals surface area (Å²) >= 11 is 0. The van der Waals surface area contributed by atoms with E-state index in [9.17, 15) is 13.6 Å². The van der Waals surface area contributed by atoms with Gasteiger partial charge in [0.25, 0.3) is 0 Å². The van der Waals surface area contributed by atoms with Gasteiger partial charge in [0.05, 0.1) is 6.54 Å². The van der Waals surface area contributed by atoms with E-state index in [1.54, 1.807) is 0 Å². The van der Waals surface area contributed by atoms with Gasteiger partial charge in [0.15, 0.2) is 0 Å². The van der Waals surface area contributed by atoms with Crippen LogP contribution in [0.2, 0.25) is 0 Å². The second-order valence-electron chi connectivity index (χ2n) is 2.72. The Morgan fingerprint density at radius 2 is 2.15 bits per heavy atom. The van der Waals surface area contributed by atoms with Crippen molar-refractivity contribution in [3.05, 3.63) is 12.2 Å². The molecular weight excluding hydrogens is 180 g/mol. The summed E-state index contributed by atoms with van der Waals surface area (Å²) in [6.45, 7) is 4.79. The molecule has 0 saturated carbocycles. The second kappa shape index (κ2) is 4.91. The molecule has 0 radical (unpaired) electrons. The van der Waals surface area contributed by atoms with Crippen molar-refractivity contribution in [1.82, 2.24) is 5.32 Å². The van der Waals surface area contributed by atoms with E-state index in [0.717, 1.165) is 5.57 Å². The van der Waals surface area contributed by atoms with E-state index in [4.69, 9.17) is 5.11 Å². The molecule has 0 aromatic rings. The van der Waals surface area contributed by atoms with Crippen molar-refractivity contribution in [1.29, 1.82) is 0 Å². The first kappa shape index (κ1) is 12.0. The fourth-order valence-electron chi connectivity index (χ4n) is 0.597. The van der Waals surface area contributed by atoms with Gasteiger partial charge in [0.1, 0.15) is 0 Å². The molecular formula is C8H13F2NO2. The number of nitrogens with one attached hydrogen (secondary N) is 1. The lowest BCUT2D eigenvalue weighted by molar-refractivity contribution is -0.163. The van der Waals surface area contributed by atoms with Crippen LogP contribution < -0.4 is 5.32 Å². The van der Waals surface area contributed by atoms with Gasteiger partial charge in [-0.3, -0.25) is 0 Å². The van der Waals surface area contributed by atoms with Gasteiger partial charge in [-0.2, -0.15) is 8.78 Å². The normalized spacial score (nSPS) is 11.3. The summed E-state index contributed by atoms with van der Waals surface area (Å²) in [4.78, 5) is 9.95. The lowest BCUT2D eigenvalue weighted by Gasteiger charge is -2.12. The molecule has 0 rings (SSSR count). The third-order valence-electron chi connectivity index (χ3n) is 1.53. The highest BCUT2D eigenvalue weighted by atomic mass is 19.3. The standard InChI is InChI=1S/C8H13F2NO2/c1-3-6(2)4-11-5-8(9,10)7(12)13/h11H,2-5H2,1H3,(H,12,13). The van der Waals surface area contributed by atoms with Gasteiger partial charge in [-0.15, -0.1) is 0 Å². The van der Waals surface area contributed by atoms with Crippen LogP contribution in [0.25, 0.3) is 0 Å². The van der Waals surface area contributed by atoms with Crippen molar-refractivity contribution in [3.63, 3.8) is 0 Å². The molecule has 5 heteroatoms.